The molecule has 0 amide bonds. The summed E-state index contributed by atoms with van der Waals surface area (Å²) < 4.78 is 0. The van der Waals surface area contributed by atoms with Crippen molar-refractivity contribution in [1.82, 2.24) is 5.43 Å². The molecule has 0 aliphatic carbocycles. The first kappa shape index (κ1) is 5.35. The van der Waals surface area contributed by atoms with Crippen molar-refractivity contribution in [2.75, 3.05) is 0 Å². The van der Waals surface area contributed by atoms with E-state index in [1.165, 1.54) is 0 Å². The summed E-state index contributed by atoms with van der Waals surface area (Å²) in [6, 6.07) is 0. The van der Waals surface area contributed by atoms with Crippen molar-refractivity contribution in [2.24, 2.45) is 11.0 Å². The van der Waals surface area contributed by atoms with Crippen molar-refractivity contribution < 1.29 is 0 Å². The molecular weight excluding hydrogens is 100 g/mol. The van der Waals surface area contributed by atoms with Crippen molar-refractivity contribution in [3.05, 3.63) is 12.3 Å². The van der Waals surface area contributed by atoms with Gasteiger partial charge in [-0.2, -0.15) is 5.10 Å². The lowest BCUT2D eigenvalue weighted by Crippen LogP contribution is -2.13. The van der Waals surface area contributed by atoms with Gasteiger partial charge < -0.3 is 0 Å². The number of hydrogen-bond donors (Lipinski definition) is 1. The molecule has 1 atom stereocenters. The first-order valence-electron chi connectivity index (χ1n) is 2.77. The molecule has 1 unspecified atom stereocenters. The van der Waals surface area contributed by atoms with E-state index in [4.69, 9.17) is 0 Å². The Morgan fingerprint density at radius 2 is 2.50 bits per heavy atom. The van der Waals surface area contributed by atoms with Crippen LogP contribution in [0.5, 0.6) is 0 Å². The summed E-state index contributed by atoms with van der Waals surface area (Å²) in [5, 5.41) is 3.99. The molecule has 1 aliphatic heterocycles. The highest BCUT2D eigenvalue weighted by Gasteiger charge is 2.02. The molecule has 0 bridgehead atoms. The van der Waals surface area contributed by atoms with Crippen molar-refractivity contribution in [3.63, 3.8) is 0 Å². The first-order chi connectivity index (χ1) is 3.80. The van der Waals surface area contributed by atoms with E-state index in [2.05, 4.69) is 23.5 Å². The molecule has 1 aliphatic rings. The van der Waals surface area contributed by atoms with Crippen LogP contribution < -0.4 is 5.43 Å². The summed E-state index contributed by atoms with van der Waals surface area (Å²) in [6.45, 7) is 4.14. The van der Waals surface area contributed by atoms with Gasteiger partial charge in [0.05, 0.1) is 0 Å². The predicted octanol–water partition coefficient (Wildman–Crippen LogP) is 1.12. The fourth-order valence-corrected chi connectivity index (χ4v) is 0.568. The maximum absolute atomic E-state index is 3.99. The molecule has 0 aromatic carbocycles. The SMILES string of the molecule is CC1=NNC=CC1C. The Morgan fingerprint density at radius 3 is 2.88 bits per heavy atom. The zero-order valence-corrected chi connectivity index (χ0v) is 5.18. The molecule has 0 spiro atoms. The van der Waals surface area contributed by atoms with Gasteiger partial charge in [-0.25, -0.2) is 0 Å². The van der Waals surface area contributed by atoms with E-state index in [1.54, 1.807) is 0 Å². The van der Waals surface area contributed by atoms with Crippen molar-refractivity contribution in [3.8, 4) is 0 Å². The molecule has 44 valence electrons. The minimum absolute atomic E-state index is 0.510. The van der Waals surface area contributed by atoms with E-state index in [0.717, 1.165) is 5.71 Å². The summed E-state index contributed by atoms with van der Waals surface area (Å²) >= 11 is 0. The number of nitrogens with one attached hydrogen (secondary N) is 1. The minimum Gasteiger partial charge on any atom is -0.286 e. The molecule has 0 radical (unpaired) electrons. The van der Waals surface area contributed by atoms with Gasteiger partial charge in [-0.3, -0.25) is 5.43 Å². The molecule has 8 heavy (non-hydrogen) atoms. The molecule has 0 saturated carbocycles. The highest BCUT2D eigenvalue weighted by Crippen LogP contribution is 2.02. The molecule has 0 aromatic rings. The third kappa shape index (κ3) is 0.886. The molecule has 1 heterocycles. The Morgan fingerprint density at radius 1 is 1.75 bits per heavy atom. The summed E-state index contributed by atoms with van der Waals surface area (Å²) in [4.78, 5) is 0. The second kappa shape index (κ2) is 1.99. The van der Waals surface area contributed by atoms with Crippen LogP contribution in [-0.2, 0) is 0 Å². The molecular formula is C6H10N2. The third-order valence-electron chi connectivity index (χ3n) is 1.36. The van der Waals surface area contributed by atoms with Gasteiger partial charge >= 0.3 is 0 Å². The van der Waals surface area contributed by atoms with E-state index in [1.807, 2.05) is 13.1 Å². The lowest BCUT2D eigenvalue weighted by molar-refractivity contribution is 0.850. The molecule has 1 rings (SSSR count). The maximum Gasteiger partial charge on any atom is 0.0417 e. The van der Waals surface area contributed by atoms with Gasteiger partial charge in [0.1, 0.15) is 0 Å². The highest BCUT2D eigenvalue weighted by molar-refractivity contribution is 5.85. The van der Waals surface area contributed by atoms with Gasteiger partial charge in [-0.1, -0.05) is 13.0 Å². The number of hydrogen-bond acceptors (Lipinski definition) is 2. The van der Waals surface area contributed by atoms with Crippen molar-refractivity contribution in [2.45, 2.75) is 13.8 Å². The molecule has 0 saturated heterocycles. The smallest absolute Gasteiger partial charge is 0.0417 e. The monoisotopic (exact) mass is 110 g/mol. The van der Waals surface area contributed by atoms with Crippen LogP contribution in [0.1, 0.15) is 13.8 Å². The Hall–Kier alpha value is -0.790. The minimum atomic E-state index is 0.510. The van der Waals surface area contributed by atoms with Crippen LogP contribution in [-0.4, -0.2) is 5.71 Å². The van der Waals surface area contributed by atoms with E-state index in [9.17, 15) is 0 Å². The predicted molar refractivity (Wildman–Crippen MR) is 34.5 cm³/mol. The second-order valence-electron chi connectivity index (χ2n) is 2.03. The second-order valence-corrected chi connectivity index (χ2v) is 2.03. The standard InChI is InChI=1S/C6H10N2/c1-5-3-4-7-8-6(5)2/h3-5,7H,1-2H3. The molecule has 2 nitrogen and oxygen atoms in total. The summed E-state index contributed by atoms with van der Waals surface area (Å²) in [6.07, 6.45) is 3.94. The topological polar surface area (TPSA) is 24.4 Å². The summed E-state index contributed by atoms with van der Waals surface area (Å²) in [5.74, 6) is 0.510. The zero-order valence-electron chi connectivity index (χ0n) is 5.18. The van der Waals surface area contributed by atoms with Crippen LogP contribution in [0.15, 0.2) is 17.4 Å². The molecule has 1 N–H and O–H groups in total. The molecule has 0 aromatic heterocycles. The lowest BCUT2D eigenvalue weighted by Gasteiger charge is -2.09. The van der Waals surface area contributed by atoms with E-state index in [-0.39, 0.29) is 0 Å². The van der Waals surface area contributed by atoms with Crippen LogP contribution in [0.3, 0.4) is 0 Å². The number of hydrazone groups is 1. The van der Waals surface area contributed by atoms with E-state index in [0.29, 0.717) is 5.92 Å². The number of nitrogens with zero attached hydrogens (tertiary/aromatic N) is 1. The van der Waals surface area contributed by atoms with E-state index < -0.39 is 0 Å². The average Bonchev–Trinajstić information content (AvgIpc) is 1.77. The summed E-state index contributed by atoms with van der Waals surface area (Å²) in [5.41, 5.74) is 3.92. The van der Waals surface area contributed by atoms with Gasteiger partial charge in [-0.05, 0) is 6.92 Å². The van der Waals surface area contributed by atoms with Crippen LogP contribution in [0, 0.1) is 5.92 Å². The van der Waals surface area contributed by atoms with Crippen LogP contribution in [0.25, 0.3) is 0 Å². The largest absolute Gasteiger partial charge is 0.286 e. The van der Waals surface area contributed by atoms with Gasteiger partial charge in [0.25, 0.3) is 0 Å². The Kier molecular flexibility index (Phi) is 1.33. The van der Waals surface area contributed by atoms with Gasteiger partial charge in [-0.15, -0.1) is 0 Å². The summed E-state index contributed by atoms with van der Waals surface area (Å²) in [7, 11) is 0. The van der Waals surface area contributed by atoms with Gasteiger partial charge in [0.2, 0.25) is 0 Å². The quantitative estimate of drug-likeness (QED) is 0.496. The van der Waals surface area contributed by atoms with Crippen molar-refractivity contribution in [1.29, 1.82) is 0 Å². The maximum atomic E-state index is 3.99. The van der Waals surface area contributed by atoms with Crippen LogP contribution in [0.2, 0.25) is 0 Å². The fourth-order valence-electron chi connectivity index (χ4n) is 0.568. The number of rotatable bonds is 0. The lowest BCUT2D eigenvalue weighted by atomic mass is 10.1. The van der Waals surface area contributed by atoms with Crippen molar-refractivity contribution >= 4 is 5.71 Å². The highest BCUT2D eigenvalue weighted by atomic mass is 15.3. The Labute approximate surface area is 49.3 Å². The van der Waals surface area contributed by atoms with E-state index >= 15 is 0 Å². The molecule has 2 heteroatoms. The fraction of sp³-hybridized carbons (Fsp3) is 0.500. The number of allylic oxidation sites excluding steroid dienone is 1. The van der Waals surface area contributed by atoms with Crippen LogP contribution >= 0.6 is 0 Å². The van der Waals surface area contributed by atoms with Gasteiger partial charge in [0, 0.05) is 17.8 Å². The normalized spacial score (nSPS) is 26.8. The van der Waals surface area contributed by atoms with Gasteiger partial charge in [0.15, 0.2) is 0 Å². The Bertz CT molecular complexity index is 135. The first-order valence-corrected chi connectivity index (χ1v) is 2.77. The van der Waals surface area contributed by atoms with Crippen LogP contribution in [0.4, 0.5) is 0 Å². The molecule has 0 fully saturated rings. The average molecular weight is 110 g/mol. The third-order valence-corrected chi connectivity index (χ3v) is 1.36. The zero-order chi connectivity index (χ0) is 5.98. The Balaban J connectivity index is 2.63.